The van der Waals surface area contributed by atoms with Crippen molar-refractivity contribution >= 4 is 51.3 Å². The summed E-state index contributed by atoms with van der Waals surface area (Å²) in [5.41, 5.74) is 1.31. The fourth-order valence-corrected chi connectivity index (χ4v) is 3.75. The highest BCUT2D eigenvalue weighted by Gasteiger charge is 2.19. The van der Waals surface area contributed by atoms with Crippen LogP contribution in [0.1, 0.15) is 26.4 Å². The molecule has 1 amide bonds. The third kappa shape index (κ3) is 4.44. The lowest BCUT2D eigenvalue weighted by molar-refractivity contribution is -0.385. The smallest absolute Gasteiger partial charge is 0.273 e. The van der Waals surface area contributed by atoms with Gasteiger partial charge in [-0.25, -0.2) is 4.98 Å². The van der Waals surface area contributed by atoms with Gasteiger partial charge in [-0.15, -0.1) is 11.3 Å². The number of amides is 1. The zero-order valence-electron chi connectivity index (χ0n) is 14.0. The molecule has 0 aliphatic rings. The Bertz CT molecular complexity index is 1040. The minimum absolute atomic E-state index is 0.0990. The average Bonchev–Trinajstić information content (AvgIpc) is 3.05. The Hall–Kier alpha value is -2.48. The van der Waals surface area contributed by atoms with Crippen molar-refractivity contribution < 1.29 is 9.72 Å². The van der Waals surface area contributed by atoms with Gasteiger partial charge in [0.05, 0.1) is 4.92 Å². The van der Waals surface area contributed by atoms with Crippen LogP contribution in [-0.2, 0) is 6.42 Å². The highest BCUT2D eigenvalue weighted by Crippen LogP contribution is 2.28. The van der Waals surface area contributed by atoms with Crippen LogP contribution < -0.4 is 5.32 Å². The molecule has 3 rings (SSSR count). The molecule has 3 aromatic rings. The van der Waals surface area contributed by atoms with E-state index in [1.165, 1.54) is 29.5 Å². The van der Waals surface area contributed by atoms with Gasteiger partial charge in [-0.2, -0.15) is 0 Å². The molecule has 27 heavy (non-hydrogen) atoms. The van der Waals surface area contributed by atoms with Crippen LogP contribution in [0.15, 0.2) is 42.6 Å². The third-order valence-corrected chi connectivity index (χ3v) is 5.41. The van der Waals surface area contributed by atoms with Crippen molar-refractivity contribution in [2.24, 2.45) is 0 Å². The average molecular weight is 422 g/mol. The lowest BCUT2D eigenvalue weighted by Gasteiger charge is -2.05. The second kappa shape index (κ2) is 8.04. The normalized spacial score (nSPS) is 10.6. The van der Waals surface area contributed by atoms with Gasteiger partial charge >= 0.3 is 0 Å². The second-order valence-corrected chi connectivity index (χ2v) is 7.66. The van der Waals surface area contributed by atoms with E-state index in [0.29, 0.717) is 27.2 Å². The molecule has 0 saturated carbocycles. The van der Waals surface area contributed by atoms with Gasteiger partial charge in [-0.1, -0.05) is 29.3 Å². The van der Waals surface area contributed by atoms with Crippen molar-refractivity contribution in [1.29, 1.82) is 0 Å². The largest absolute Gasteiger partial charge is 0.298 e. The van der Waals surface area contributed by atoms with Gasteiger partial charge in [-0.05, 0) is 36.8 Å². The molecule has 2 aromatic carbocycles. The first-order valence-corrected chi connectivity index (χ1v) is 9.36. The molecule has 0 fully saturated rings. The maximum absolute atomic E-state index is 12.5. The molecule has 0 atom stereocenters. The van der Waals surface area contributed by atoms with Crippen LogP contribution in [-0.4, -0.2) is 15.8 Å². The molecular weight excluding hydrogens is 409 g/mol. The van der Waals surface area contributed by atoms with Crippen LogP contribution in [0.5, 0.6) is 0 Å². The highest BCUT2D eigenvalue weighted by molar-refractivity contribution is 7.15. The zero-order valence-corrected chi connectivity index (χ0v) is 16.4. The number of rotatable bonds is 5. The fourth-order valence-electron chi connectivity index (χ4n) is 2.55. The summed E-state index contributed by atoms with van der Waals surface area (Å²) in [6.45, 7) is 1.54. The lowest BCUT2D eigenvalue weighted by atomic mass is 10.1. The van der Waals surface area contributed by atoms with E-state index in [2.05, 4.69) is 10.3 Å². The van der Waals surface area contributed by atoms with E-state index in [9.17, 15) is 14.9 Å². The van der Waals surface area contributed by atoms with Crippen LogP contribution in [0, 0.1) is 17.0 Å². The predicted molar refractivity (Wildman–Crippen MR) is 107 cm³/mol. The number of nitro groups is 1. The number of hydrogen-bond donors (Lipinski definition) is 1. The zero-order chi connectivity index (χ0) is 19.6. The van der Waals surface area contributed by atoms with Gasteiger partial charge in [0.2, 0.25) is 0 Å². The number of anilines is 1. The first kappa shape index (κ1) is 19.3. The van der Waals surface area contributed by atoms with Crippen LogP contribution in [0.25, 0.3) is 0 Å². The molecule has 1 heterocycles. The summed E-state index contributed by atoms with van der Waals surface area (Å²) < 4.78 is 0. The van der Waals surface area contributed by atoms with Crippen molar-refractivity contribution in [2.45, 2.75) is 13.3 Å². The lowest BCUT2D eigenvalue weighted by Crippen LogP contribution is -2.13. The Balaban J connectivity index is 1.76. The molecule has 9 heteroatoms. The quantitative estimate of drug-likeness (QED) is 0.434. The van der Waals surface area contributed by atoms with E-state index in [1.807, 2.05) is 0 Å². The van der Waals surface area contributed by atoms with Crippen molar-refractivity contribution in [2.75, 3.05) is 5.32 Å². The van der Waals surface area contributed by atoms with Gasteiger partial charge < -0.3 is 0 Å². The Morgan fingerprint density at radius 1 is 1.30 bits per heavy atom. The Morgan fingerprint density at radius 3 is 2.81 bits per heavy atom. The summed E-state index contributed by atoms with van der Waals surface area (Å²) in [5, 5.41) is 15.3. The molecule has 0 saturated heterocycles. The maximum Gasteiger partial charge on any atom is 0.273 e. The number of nitrogens with one attached hydrogen (secondary N) is 1. The van der Waals surface area contributed by atoms with E-state index in [0.717, 1.165) is 10.4 Å². The molecule has 6 nitrogen and oxygen atoms in total. The fraction of sp³-hybridized carbons (Fsp3) is 0.111. The molecule has 1 aromatic heterocycles. The van der Waals surface area contributed by atoms with Gasteiger partial charge in [0, 0.05) is 44.7 Å². The number of aromatic nitrogens is 1. The molecule has 138 valence electrons. The first-order valence-electron chi connectivity index (χ1n) is 7.79. The summed E-state index contributed by atoms with van der Waals surface area (Å²) in [6.07, 6.45) is 2.18. The van der Waals surface area contributed by atoms with Crippen LogP contribution in [0.4, 0.5) is 10.8 Å². The number of carbonyl (C=O) groups excluding carboxylic acids is 1. The SMILES string of the molecule is Cc1c(C(=O)Nc2ncc(Cc3cc(Cl)ccc3Cl)s2)cccc1[N+](=O)[O-]. The Labute approximate surface area is 168 Å². The Morgan fingerprint density at radius 2 is 2.07 bits per heavy atom. The summed E-state index contributed by atoms with van der Waals surface area (Å²) in [5.74, 6) is -0.446. The number of thiazole rings is 1. The van der Waals surface area contributed by atoms with Gasteiger partial charge in [0.15, 0.2) is 5.13 Å². The molecule has 0 aliphatic heterocycles. The number of hydrogen-bond acceptors (Lipinski definition) is 5. The van der Waals surface area contributed by atoms with Crippen LogP contribution in [0.2, 0.25) is 10.0 Å². The maximum atomic E-state index is 12.5. The van der Waals surface area contributed by atoms with Crippen molar-refractivity contribution in [3.05, 3.63) is 84.3 Å². The molecule has 0 unspecified atom stereocenters. The number of nitrogens with zero attached hydrogens (tertiary/aromatic N) is 2. The van der Waals surface area contributed by atoms with E-state index >= 15 is 0 Å². The van der Waals surface area contributed by atoms with Gasteiger partial charge in [-0.3, -0.25) is 20.2 Å². The summed E-state index contributed by atoms with van der Waals surface area (Å²) in [7, 11) is 0. The molecule has 0 radical (unpaired) electrons. The molecule has 0 bridgehead atoms. The van der Waals surface area contributed by atoms with Gasteiger partial charge in [0.1, 0.15) is 0 Å². The van der Waals surface area contributed by atoms with Crippen LogP contribution in [0.3, 0.4) is 0 Å². The Kier molecular flexibility index (Phi) is 5.74. The summed E-state index contributed by atoms with van der Waals surface area (Å²) in [6, 6.07) is 9.62. The van der Waals surface area contributed by atoms with Crippen molar-refractivity contribution in [1.82, 2.24) is 4.98 Å². The van der Waals surface area contributed by atoms with E-state index in [4.69, 9.17) is 23.2 Å². The van der Waals surface area contributed by atoms with E-state index in [-0.39, 0.29) is 11.3 Å². The van der Waals surface area contributed by atoms with Crippen molar-refractivity contribution in [3.63, 3.8) is 0 Å². The monoisotopic (exact) mass is 421 g/mol. The minimum Gasteiger partial charge on any atom is -0.298 e. The topological polar surface area (TPSA) is 85.1 Å². The first-order chi connectivity index (χ1) is 12.8. The molecule has 0 aliphatic carbocycles. The minimum atomic E-state index is -0.512. The summed E-state index contributed by atoms with van der Waals surface area (Å²) in [4.78, 5) is 28.1. The molecular formula is C18H13Cl2N3O3S. The predicted octanol–water partition coefficient (Wildman–Crippen LogP) is 5.51. The molecule has 0 spiro atoms. The second-order valence-electron chi connectivity index (χ2n) is 5.71. The highest BCUT2D eigenvalue weighted by atomic mass is 35.5. The number of nitro benzene ring substituents is 1. The standard InChI is InChI=1S/C18H13Cl2N3O3S/c1-10-14(3-2-4-16(10)23(25)26)17(24)22-18-21-9-13(27-18)8-11-7-12(19)5-6-15(11)20/h2-7,9H,8H2,1H3,(H,21,22,24). The number of carbonyl (C=O) groups is 1. The summed E-state index contributed by atoms with van der Waals surface area (Å²) >= 11 is 13.5. The van der Waals surface area contributed by atoms with Crippen molar-refractivity contribution in [3.8, 4) is 0 Å². The molecule has 1 N–H and O–H groups in total. The number of halogens is 2. The van der Waals surface area contributed by atoms with E-state index in [1.54, 1.807) is 31.3 Å². The number of benzene rings is 2. The van der Waals surface area contributed by atoms with Crippen LogP contribution >= 0.6 is 34.5 Å². The van der Waals surface area contributed by atoms with Gasteiger partial charge in [0.25, 0.3) is 11.6 Å². The third-order valence-electron chi connectivity index (χ3n) is 3.89. The van der Waals surface area contributed by atoms with E-state index < -0.39 is 10.8 Å².